The fraction of sp³-hybridized carbons (Fsp3) is 0.421. The molecular formula is C19H26BN3O5. The molecule has 0 aliphatic carbocycles. The van der Waals surface area contributed by atoms with Gasteiger partial charge in [-0.2, -0.15) is 0 Å². The average molecular weight is 387 g/mol. The first-order chi connectivity index (χ1) is 13.2. The van der Waals surface area contributed by atoms with Gasteiger partial charge in [0.2, 0.25) is 5.91 Å². The van der Waals surface area contributed by atoms with Crippen molar-refractivity contribution in [3.05, 3.63) is 42.1 Å². The fourth-order valence-electron chi connectivity index (χ4n) is 2.86. The zero-order valence-corrected chi connectivity index (χ0v) is 16.2. The van der Waals surface area contributed by atoms with Gasteiger partial charge in [0.05, 0.1) is 23.1 Å². The Morgan fingerprint density at radius 1 is 1.14 bits per heavy atom. The van der Waals surface area contributed by atoms with Crippen molar-refractivity contribution in [2.24, 2.45) is 5.92 Å². The van der Waals surface area contributed by atoms with Gasteiger partial charge < -0.3 is 25.8 Å². The highest BCUT2D eigenvalue weighted by Gasteiger charge is 2.32. The van der Waals surface area contributed by atoms with Crippen LogP contribution in [0.3, 0.4) is 0 Å². The van der Waals surface area contributed by atoms with Gasteiger partial charge in [-0.15, -0.1) is 0 Å². The minimum absolute atomic E-state index is 0.107. The monoisotopic (exact) mass is 387 g/mol. The Kier molecular flexibility index (Phi) is 7.50. The second-order valence-corrected chi connectivity index (χ2v) is 7.27. The lowest BCUT2D eigenvalue weighted by atomic mass is 9.75. The normalized spacial score (nSPS) is 14.4. The molecule has 2 rings (SSSR count). The first-order valence-corrected chi connectivity index (χ1v) is 9.19. The summed E-state index contributed by atoms with van der Waals surface area (Å²) in [6, 6.07) is 7.69. The van der Waals surface area contributed by atoms with Crippen LogP contribution >= 0.6 is 0 Å². The van der Waals surface area contributed by atoms with Crippen LogP contribution in [0.15, 0.2) is 36.5 Å². The number of rotatable bonds is 8. The molecule has 150 valence electrons. The van der Waals surface area contributed by atoms with E-state index >= 15 is 0 Å². The van der Waals surface area contributed by atoms with Gasteiger partial charge >= 0.3 is 7.12 Å². The van der Waals surface area contributed by atoms with Crippen LogP contribution in [0, 0.1) is 5.92 Å². The Hall–Kier alpha value is -2.49. The summed E-state index contributed by atoms with van der Waals surface area (Å²) in [5.41, 5.74) is 0.982. The smallest absolute Gasteiger partial charge is 0.426 e. The Morgan fingerprint density at radius 2 is 1.82 bits per heavy atom. The standard InChI is InChI=1S/C19H26BN3O5/c1-11(2)8-16(20(27)28)22-19(26)17(12(3)24)23-18(25)14-9-13-6-4-5-7-15(13)21-10-14/h4-7,9-12,16-17,24,27-28H,8H2,1-3H3,(H,22,26)(H,23,25)/t12-,16+,17+/m1/s1. The largest absolute Gasteiger partial charge is 0.475 e. The lowest BCUT2D eigenvalue weighted by Gasteiger charge is -2.25. The highest BCUT2D eigenvalue weighted by molar-refractivity contribution is 6.43. The summed E-state index contributed by atoms with van der Waals surface area (Å²) in [6.07, 6.45) is 0.541. The van der Waals surface area contributed by atoms with E-state index in [0.717, 1.165) is 10.9 Å². The number of benzene rings is 1. The number of pyridine rings is 1. The highest BCUT2D eigenvalue weighted by atomic mass is 16.4. The first kappa shape index (κ1) is 21.8. The number of nitrogens with zero attached hydrogens (tertiary/aromatic N) is 1. The molecule has 0 radical (unpaired) electrons. The van der Waals surface area contributed by atoms with Gasteiger partial charge in [-0.25, -0.2) is 0 Å². The van der Waals surface area contributed by atoms with Crippen molar-refractivity contribution in [1.82, 2.24) is 15.6 Å². The lowest BCUT2D eigenvalue weighted by molar-refractivity contribution is -0.125. The minimum atomic E-state index is -1.75. The maximum absolute atomic E-state index is 12.6. The predicted molar refractivity (Wildman–Crippen MR) is 106 cm³/mol. The molecule has 0 saturated carbocycles. The molecule has 1 aromatic carbocycles. The number of aliphatic hydroxyl groups excluding tert-OH is 1. The maximum atomic E-state index is 12.6. The number of nitrogens with one attached hydrogen (secondary N) is 2. The van der Waals surface area contributed by atoms with Gasteiger partial charge in [-0.1, -0.05) is 32.0 Å². The second kappa shape index (κ2) is 9.63. The van der Waals surface area contributed by atoms with Gasteiger partial charge in [0.1, 0.15) is 6.04 Å². The van der Waals surface area contributed by atoms with E-state index in [1.807, 2.05) is 38.1 Å². The van der Waals surface area contributed by atoms with E-state index in [2.05, 4.69) is 15.6 Å². The van der Waals surface area contributed by atoms with Crippen LogP contribution in [-0.4, -0.2) is 57.2 Å². The number of hydrogen-bond donors (Lipinski definition) is 5. The Balaban J connectivity index is 2.13. The van der Waals surface area contributed by atoms with Crippen LogP contribution in [0.2, 0.25) is 0 Å². The summed E-state index contributed by atoms with van der Waals surface area (Å²) in [7, 11) is -1.75. The molecule has 0 aliphatic rings. The van der Waals surface area contributed by atoms with Crippen molar-refractivity contribution in [3.8, 4) is 0 Å². The molecule has 0 bridgehead atoms. The van der Waals surface area contributed by atoms with E-state index in [1.54, 1.807) is 6.07 Å². The quantitative estimate of drug-likeness (QED) is 0.413. The second-order valence-electron chi connectivity index (χ2n) is 7.27. The van der Waals surface area contributed by atoms with Crippen molar-refractivity contribution in [3.63, 3.8) is 0 Å². The molecule has 3 atom stereocenters. The molecule has 2 aromatic rings. The van der Waals surface area contributed by atoms with E-state index in [0.29, 0.717) is 6.42 Å². The topological polar surface area (TPSA) is 132 Å². The molecule has 2 amide bonds. The molecule has 0 fully saturated rings. The molecule has 1 aromatic heterocycles. The van der Waals surface area contributed by atoms with Crippen LogP contribution in [0.5, 0.6) is 0 Å². The molecule has 0 unspecified atom stereocenters. The Bertz CT molecular complexity index is 828. The van der Waals surface area contributed by atoms with Crippen LogP contribution in [0.1, 0.15) is 37.6 Å². The SMILES string of the molecule is CC(C)C[C@H](NC(=O)[C@@H](NC(=O)c1cnc2ccccc2c1)[C@@H](C)O)B(O)O. The summed E-state index contributed by atoms with van der Waals surface area (Å²) in [5, 5.41) is 34.7. The number of fused-ring (bicyclic) bond motifs is 1. The predicted octanol–water partition coefficient (Wildman–Crippen LogP) is 0.257. The lowest BCUT2D eigenvalue weighted by Crippen LogP contribution is -2.57. The van der Waals surface area contributed by atoms with Crippen LogP contribution in [0.4, 0.5) is 0 Å². The fourth-order valence-corrected chi connectivity index (χ4v) is 2.86. The number of para-hydroxylation sites is 1. The van der Waals surface area contributed by atoms with Crippen molar-refractivity contribution < 1.29 is 24.7 Å². The zero-order chi connectivity index (χ0) is 20.8. The highest BCUT2D eigenvalue weighted by Crippen LogP contribution is 2.13. The van der Waals surface area contributed by atoms with E-state index in [-0.39, 0.29) is 11.5 Å². The molecule has 1 heterocycles. The van der Waals surface area contributed by atoms with Crippen molar-refractivity contribution in [1.29, 1.82) is 0 Å². The summed E-state index contributed by atoms with van der Waals surface area (Å²) < 4.78 is 0. The maximum Gasteiger partial charge on any atom is 0.475 e. The van der Waals surface area contributed by atoms with Crippen molar-refractivity contribution >= 4 is 29.8 Å². The third-order valence-electron chi connectivity index (χ3n) is 4.32. The number of amides is 2. The van der Waals surface area contributed by atoms with Gasteiger partial charge in [0.25, 0.3) is 5.91 Å². The average Bonchev–Trinajstić information content (AvgIpc) is 2.64. The summed E-state index contributed by atoms with van der Waals surface area (Å²) >= 11 is 0. The summed E-state index contributed by atoms with van der Waals surface area (Å²) in [6.45, 7) is 5.13. The number of aliphatic hydroxyl groups is 1. The summed E-state index contributed by atoms with van der Waals surface area (Å²) in [4.78, 5) is 29.3. The number of carbonyl (C=O) groups is 2. The van der Waals surface area contributed by atoms with E-state index in [9.17, 15) is 24.7 Å². The Morgan fingerprint density at radius 3 is 2.43 bits per heavy atom. The van der Waals surface area contributed by atoms with Crippen molar-refractivity contribution in [2.45, 2.75) is 45.3 Å². The first-order valence-electron chi connectivity index (χ1n) is 9.19. The number of aromatic nitrogens is 1. The molecule has 9 heteroatoms. The van der Waals surface area contributed by atoms with Gasteiger partial charge in [0, 0.05) is 11.6 Å². The Labute approximate surface area is 164 Å². The molecule has 8 nitrogen and oxygen atoms in total. The molecule has 28 heavy (non-hydrogen) atoms. The molecular weight excluding hydrogens is 361 g/mol. The number of carbonyl (C=O) groups excluding carboxylic acids is 2. The van der Waals surface area contributed by atoms with Gasteiger partial charge in [-0.05, 0) is 31.4 Å². The summed E-state index contributed by atoms with van der Waals surface area (Å²) in [5.74, 6) is -2.07. The van der Waals surface area contributed by atoms with Gasteiger partial charge in [-0.3, -0.25) is 14.6 Å². The van der Waals surface area contributed by atoms with Crippen LogP contribution < -0.4 is 10.6 Å². The van der Waals surface area contributed by atoms with Crippen molar-refractivity contribution in [2.75, 3.05) is 0 Å². The minimum Gasteiger partial charge on any atom is -0.426 e. The zero-order valence-electron chi connectivity index (χ0n) is 16.2. The van der Waals surface area contributed by atoms with E-state index in [4.69, 9.17) is 0 Å². The number of hydrogen-bond acceptors (Lipinski definition) is 6. The molecule has 5 N–H and O–H groups in total. The van der Waals surface area contributed by atoms with E-state index < -0.39 is 37.0 Å². The van der Waals surface area contributed by atoms with Crippen LogP contribution in [0.25, 0.3) is 10.9 Å². The van der Waals surface area contributed by atoms with Crippen LogP contribution in [-0.2, 0) is 4.79 Å². The third kappa shape index (κ3) is 5.75. The molecule has 0 aliphatic heterocycles. The van der Waals surface area contributed by atoms with Gasteiger partial charge in [0.15, 0.2) is 0 Å². The molecule has 0 spiro atoms. The third-order valence-corrected chi connectivity index (χ3v) is 4.32. The molecule has 0 saturated heterocycles. The van der Waals surface area contributed by atoms with E-state index in [1.165, 1.54) is 13.1 Å².